The molecular formula is C16H22N2O3. The van der Waals surface area contributed by atoms with E-state index in [1.165, 1.54) is 0 Å². The van der Waals surface area contributed by atoms with Gasteiger partial charge in [-0.05, 0) is 36.8 Å². The first-order valence-electron chi connectivity index (χ1n) is 7.58. The number of amides is 1. The summed E-state index contributed by atoms with van der Waals surface area (Å²) < 4.78 is 0. The molecule has 0 saturated heterocycles. The van der Waals surface area contributed by atoms with E-state index in [1.54, 1.807) is 12.4 Å². The van der Waals surface area contributed by atoms with E-state index in [1.807, 2.05) is 12.1 Å². The van der Waals surface area contributed by atoms with Gasteiger partial charge in [0.1, 0.15) is 6.04 Å². The minimum atomic E-state index is -0.920. The summed E-state index contributed by atoms with van der Waals surface area (Å²) >= 11 is 0. The number of nitrogens with one attached hydrogen (secondary N) is 1. The molecule has 0 aliphatic heterocycles. The molecule has 1 saturated carbocycles. The number of aromatic nitrogens is 1. The predicted molar refractivity (Wildman–Crippen MR) is 78.7 cm³/mol. The van der Waals surface area contributed by atoms with Gasteiger partial charge in [0.25, 0.3) is 0 Å². The normalized spacial score (nSPS) is 17.1. The molecule has 1 atom stereocenters. The Balaban J connectivity index is 1.84. The van der Waals surface area contributed by atoms with Gasteiger partial charge in [0.2, 0.25) is 5.91 Å². The lowest BCUT2D eigenvalue weighted by Crippen LogP contribution is -2.46. The summed E-state index contributed by atoms with van der Waals surface area (Å²) in [7, 11) is 0. The molecule has 1 unspecified atom stereocenters. The van der Waals surface area contributed by atoms with Crippen molar-refractivity contribution in [1.29, 1.82) is 0 Å². The van der Waals surface area contributed by atoms with Gasteiger partial charge < -0.3 is 10.4 Å². The second-order valence-electron chi connectivity index (χ2n) is 5.64. The number of rotatable bonds is 6. The van der Waals surface area contributed by atoms with Crippen LogP contribution in [0.3, 0.4) is 0 Å². The summed E-state index contributed by atoms with van der Waals surface area (Å²) in [4.78, 5) is 27.4. The number of aryl methyl sites for hydroxylation is 1. The molecule has 1 aromatic heterocycles. The van der Waals surface area contributed by atoms with Gasteiger partial charge in [-0.15, -0.1) is 0 Å². The maximum atomic E-state index is 12.0. The van der Waals surface area contributed by atoms with Gasteiger partial charge in [0, 0.05) is 18.8 Å². The summed E-state index contributed by atoms with van der Waals surface area (Å²) in [6.07, 6.45) is 9.34. The number of pyridine rings is 1. The molecule has 2 rings (SSSR count). The monoisotopic (exact) mass is 290 g/mol. The van der Waals surface area contributed by atoms with Gasteiger partial charge in [-0.1, -0.05) is 25.3 Å². The zero-order chi connectivity index (χ0) is 15.1. The summed E-state index contributed by atoms with van der Waals surface area (Å²) in [6.45, 7) is 0. The number of carboxylic acids is 1. The lowest BCUT2D eigenvalue weighted by molar-refractivity contribution is -0.143. The Morgan fingerprint density at radius 3 is 2.71 bits per heavy atom. The highest BCUT2D eigenvalue weighted by Crippen LogP contribution is 2.26. The Labute approximate surface area is 124 Å². The minimum absolute atomic E-state index is 0.0681. The standard InChI is InChI=1S/C16H22N2O3/c19-14(9-8-12-5-4-10-17-11-12)18-15(16(20)21)13-6-2-1-3-7-13/h4-5,10-11,13,15H,1-3,6-9H2,(H,18,19)(H,20,21). The van der Waals surface area contributed by atoms with Crippen LogP contribution in [0.2, 0.25) is 0 Å². The van der Waals surface area contributed by atoms with E-state index >= 15 is 0 Å². The fraction of sp³-hybridized carbons (Fsp3) is 0.562. The maximum Gasteiger partial charge on any atom is 0.326 e. The highest BCUT2D eigenvalue weighted by Gasteiger charge is 2.30. The van der Waals surface area contributed by atoms with Crippen LogP contribution in [0.1, 0.15) is 44.1 Å². The fourth-order valence-corrected chi connectivity index (χ4v) is 2.90. The zero-order valence-corrected chi connectivity index (χ0v) is 12.1. The summed E-state index contributed by atoms with van der Waals surface area (Å²) in [5.41, 5.74) is 0.984. The second kappa shape index (κ2) is 7.76. The van der Waals surface area contributed by atoms with E-state index in [4.69, 9.17) is 0 Å². The number of carbonyl (C=O) groups excluding carboxylic acids is 1. The molecule has 5 nitrogen and oxygen atoms in total. The van der Waals surface area contributed by atoms with Crippen LogP contribution in [0.4, 0.5) is 0 Å². The van der Waals surface area contributed by atoms with Gasteiger partial charge in [-0.2, -0.15) is 0 Å². The van der Waals surface area contributed by atoms with Crippen LogP contribution in [0.5, 0.6) is 0 Å². The SMILES string of the molecule is O=C(CCc1cccnc1)NC(C(=O)O)C1CCCCC1. The number of aliphatic carboxylic acids is 1. The van der Waals surface area contributed by atoms with E-state index in [-0.39, 0.29) is 11.8 Å². The summed E-state index contributed by atoms with van der Waals surface area (Å²) in [5, 5.41) is 12.0. The fourth-order valence-electron chi connectivity index (χ4n) is 2.90. The third-order valence-electron chi connectivity index (χ3n) is 4.07. The highest BCUT2D eigenvalue weighted by molar-refractivity contribution is 5.83. The minimum Gasteiger partial charge on any atom is -0.480 e. The molecule has 1 heterocycles. The summed E-state index contributed by atoms with van der Waals surface area (Å²) in [6, 6.07) is 3.00. The lowest BCUT2D eigenvalue weighted by atomic mass is 9.84. The Hall–Kier alpha value is -1.91. The van der Waals surface area contributed by atoms with E-state index in [9.17, 15) is 14.7 Å². The number of nitrogens with zero attached hydrogens (tertiary/aromatic N) is 1. The first-order valence-corrected chi connectivity index (χ1v) is 7.58. The Morgan fingerprint density at radius 1 is 1.33 bits per heavy atom. The van der Waals surface area contributed by atoms with Crippen molar-refractivity contribution in [2.24, 2.45) is 5.92 Å². The molecule has 1 aliphatic rings. The van der Waals surface area contributed by atoms with Gasteiger partial charge >= 0.3 is 5.97 Å². The van der Waals surface area contributed by atoms with Crippen LogP contribution in [0.15, 0.2) is 24.5 Å². The molecule has 2 N–H and O–H groups in total. The number of carboxylic acid groups (broad SMARTS) is 1. The molecule has 1 amide bonds. The number of hydrogen-bond acceptors (Lipinski definition) is 3. The Kier molecular flexibility index (Phi) is 5.72. The van der Waals surface area contributed by atoms with Crippen LogP contribution in [-0.2, 0) is 16.0 Å². The van der Waals surface area contributed by atoms with E-state index in [0.717, 1.165) is 37.7 Å². The maximum absolute atomic E-state index is 12.0. The van der Waals surface area contributed by atoms with Crippen LogP contribution >= 0.6 is 0 Å². The van der Waals surface area contributed by atoms with E-state index < -0.39 is 12.0 Å². The third-order valence-corrected chi connectivity index (χ3v) is 4.07. The lowest BCUT2D eigenvalue weighted by Gasteiger charge is -2.28. The second-order valence-corrected chi connectivity index (χ2v) is 5.64. The van der Waals surface area contributed by atoms with Crippen LogP contribution in [0, 0.1) is 5.92 Å². The smallest absolute Gasteiger partial charge is 0.326 e. The van der Waals surface area contributed by atoms with Crippen LogP contribution in [-0.4, -0.2) is 28.0 Å². The van der Waals surface area contributed by atoms with Crippen molar-refractivity contribution < 1.29 is 14.7 Å². The largest absolute Gasteiger partial charge is 0.480 e. The van der Waals surface area contributed by atoms with Gasteiger partial charge in [0.15, 0.2) is 0 Å². The Bertz CT molecular complexity index is 470. The quantitative estimate of drug-likeness (QED) is 0.841. The van der Waals surface area contributed by atoms with Crippen LogP contribution < -0.4 is 5.32 Å². The van der Waals surface area contributed by atoms with Crippen LogP contribution in [0.25, 0.3) is 0 Å². The molecule has 114 valence electrons. The van der Waals surface area contributed by atoms with Crippen molar-refractivity contribution in [3.63, 3.8) is 0 Å². The third kappa shape index (κ3) is 4.85. The molecule has 1 fully saturated rings. The van der Waals surface area contributed by atoms with Crippen molar-refractivity contribution in [1.82, 2.24) is 10.3 Å². The molecule has 21 heavy (non-hydrogen) atoms. The Morgan fingerprint density at radius 2 is 2.10 bits per heavy atom. The van der Waals surface area contributed by atoms with Gasteiger partial charge in [-0.25, -0.2) is 4.79 Å². The van der Waals surface area contributed by atoms with Gasteiger partial charge in [0.05, 0.1) is 0 Å². The van der Waals surface area contributed by atoms with Crippen molar-refractivity contribution >= 4 is 11.9 Å². The molecular weight excluding hydrogens is 268 g/mol. The first kappa shape index (κ1) is 15.5. The van der Waals surface area contributed by atoms with Gasteiger partial charge in [-0.3, -0.25) is 9.78 Å². The number of carbonyl (C=O) groups is 2. The molecule has 0 spiro atoms. The molecule has 1 aliphatic carbocycles. The molecule has 0 radical (unpaired) electrons. The van der Waals surface area contributed by atoms with Crippen molar-refractivity contribution in [3.05, 3.63) is 30.1 Å². The summed E-state index contributed by atoms with van der Waals surface area (Å²) in [5.74, 6) is -1.05. The number of hydrogen-bond donors (Lipinski definition) is 2. The molecule has 0 bridgehead atoms. The van der Waals surface area contributed by atoms with E-state index in [2.05, 4.69) is 10.3 Å². The zero-order valence-electron chi connectivity index (χ0n) is 12.1. The van der Waals surface area contributed by atoms with Crippen molar-refractivity contribution in [2.75, 3.05) is 0 Å². The molecule has 0 aromatic carbocycles. The van der Waals surface area contributed by atoms with E-state index in [0.29, 0.717) is 12.8 Å². The average molecular weight is 290 g/mol. The topological polar surface area (TPSA) is 79.3 Å². The molecule has 1 aromatic rings. The predicted octanol–water partition coefficient (Wildman–Crippen LogP) is 2.16. The van der Waals surface area contributed by atoms with Crippen molar-refractivity contribution in [3.8, 4) is 0 Å². The molecule has 5 heteroatoms. The first-order chi connectivity index (χ1) is 10.2. The highest BCUT2D eigenvalue weighted by atomic mass is 16.4. The van der Waals surface area contributed by atoms with Crippen molar-refractivity contribution in [2.45, 2.75) is 51.0 Å². The average Bonchev–Trinajstić information content (AvgIpc) is 2.52.